The van der Waals surface area contributed by atoms with Crippen molar-refractivity contribution in [2.45, 2.75) is 25.3 Å². The number of carbonyl (C=O) groups is 1. The van der Waals surface area contributed by atoms with E-state index in [9.17, 15) is 9.90 Å². The van der Waals surface area contributed by atoms with Crippen molar-refractivity contribution < 1.29 is 9.90 Å². The molecule has 18 heavy (non-hydrogen) atoms. The molecule has 2 rings (SSSR count). The molecule has 1 aromatic carbocycles. The molecule has 1 fully saturated rings. The van der Waals surface area contributed by atoms with E-state index < -0.39 is 0 Å². The van der Waals surface area contributed by atoms with Gasteiger partial charge in [0.25, 0.3) is 5.91 Å². The zero-order chi connectivity index (χ0) is 13.1. The van der Waals surface area contributed by atoms with E-state index in [4.69, 9.17) is 5.73 Å². The van der Waals surface area contributed by atoms with Gasteiger partial charge in [-0.25, -0.2) is 0 Å². The van der Waals surface area contributed by atoms with Gasteiger partial charge >= 0.3 is 0 Å². The number of hydrogen-bond acceptors (Lipinski definition) is 3. The van der Waals surface area contributed by atoms with Gasteiger partial charge in [0.1, 0.15) is 5.75 Å². The van der Waals surface area contributed by atoms with Gasteiger partial charge in [-0.15, -0.1) is 0 Å². The molecular formula is C14H20N2O2. The number of amides is 1. The molecule has 0 radical (unpaired) electrons. The molecule has 0 saturated heterocycles. The van der Waals surface area contributed by atoms with Gasteiger partial charge in [0.15, 0.2) is 0 Å². The van der Waals surface area contributed by atoms with Gasteiger partial charge in [-0.3, -0.25) is 4.79 Å². The van der Waals surface area contributed by atoms with E-state index in [1.54, 1.807) is 17.0 Å². The van der Waals surface area contributed by atoms with Gasteiger partial charge in [0.2, 0.25) is 0 Å². The minimum atomic E-state index is 0.000324. The molecule has 1 aliphatic carbocycles. The fourth-order valence-corrected chi connectivity index (χ4v) is 2.76. The summed E-state index contributed by atoms with van der Waals surface area (Å²) >= 11 is 0. The van der Waals surface area contributed by atoms with Crippen molar-refractivity contribution in [3.05, 3.63) is 29.8 Å². The summed E-state index contributed by atoms with van der Waals surface area (Å²) < 4.78 is 0. The largest absolute Gasteiger partial charge is 0.508 e. The highest BCUT2D eigenvalue weighted by Gasteiger charge is 2.31. The molecule has 1 amide bonds. The lowest BCUT2D eigenvalue weighted by atomic mass is 10.0. The lowest BCUT2D eigenvalue weighted by Gasteiger charge is -2.29. The van der Waals surface area contributed by atoms with Crippen molar-refractivity contribution in [2.75, 3.05) is 13.6 Å². The summed E-state index contributed by atoms with van der Waals surface area (Å²) in [5.74, 6) is 0.589. The van der Waals surface area contributed by atoms with Crippen LogP contribution in [0.1, 0.15) is 29.6 Å². The number of nitrogens with zero attached hydrogens (tertiary/aromatic N) is 1. The van der Waals surface area contributed by atoms with Crippen LogP contribution < -0.4 is 5.73 Å². The number of aromatic hydroxyl groups is 1. The smallest absolute Gasteiger partial charge is 0.253 e. The van der Waals surface area contributed by atoms with E-state index in [1.165, 1.54) is 12.1 Å². The summed E-state index contributed by atoms with van der Waals surface area (Å²) in [6.07, 6.45) is 3.27. The Bertz CT molecular complexity index is 416. The third-order valence-corrected chi connectivity index (χ3v) is 3.85. The summed E-state index contributed by atoms with van der Waals surface area (Å²) in [4.78, 5) is 14.1. The molecule has 1 saturated carbocycles. The number of carbonyl (C=O) groups excluding carboxylic acids is 1. The maximum atomic E-state index is 12.3. The Kier molecular flexibility index (Phi) is 3.87. The first kappa shape index (κ1) is 12.9. The SMILES string of the molecule is CN(C(=O)c1ccc(O)cc1)C1CCCC1CN. The van der Waals surface area contributed by atoms with Crippen molar-refractivity contribution in [1.29, 1.82) is 0 Å². The van der Waals surface area contributed by atoms with E-state index >= 15 is 0 Å². The first-order chi connectivity index (χ1) is 8.63. The van der Waals surface area contributed by atoms with Gasteiger partial charge in [-0.1, -0.05) is 6.42 Å². The quantitative estimate of drug-likeness (QED) is 0.853. The third-order valence-electron chi connectivity index (χ3n) is 3.85. The third kappa shape index (κ3) is 2.48. The second-order valence-corrected chi connectivity index (χ2v) is 4.96. The van der Waals surface area contributed by atoms with Crippen LogP contribution in [0.4, 0.5) is 0 Å². The van der Waals surface area contributed by atoms with Crippen molar-refractivity contribution in [3.63, 3.8) is 0 Å². The average molecular weight is 248 g/mol. The molecule has 0 bridgehead atoms. The Morgan fingerprint density at radius 1 is 1.39 bits per heavy atom. The van der Waals surface area contributed by atoms with Crippen LogP contribution in [0.2, 0.25) is 0 Å². The van der Waals surface area contributed by atoms with Crippen molar-refractivity contribution >= 4 is 5.91 Å². The van der Waals surface area contributed by atoms with Crippen LogP contribution in [-0.4, -0.2) is 35.5 Å². The number of phenolic OH excluding ortho intramolecular Hbond substituents is 1. The number of phenols is 1. The standard InChI is InChI=1S/C14H20N2O2/c1-16(13-4-2-3-11(13)9-15)14(18)10-5-7-12(17)8-6-10/h5-8,11,13,17H,2-4,9,15H2,1H3. The zero-order valence-corrected chi connectivity index (χ0v) is 10.7. The highest BCUT2D eigenvalue weighted by molar-refractivity contribution is 5.94. The molecule has 3 N–H and O–H groups in total. The lowest BCUT2D eigenvalue weighted by molar-refractivity contribution is 0.0700. The Balaban J connectivity index is 2.11. The molecule has 0 spiro atoms. The van der Waals surface area contributed by atoms with E-state index in [0.29, 0.717) is 18.0 Å². The Hall–Kier alpha value is -1.55. The molecule has 1 aliphatic rings. The molecule has 4 nitrogen and oxygen atoms in total. The second-order valence-electron chi connectivity index (χ2n) is 4.96. The highest BCUT2D eigenvalue weighted by atomic mass is 16.3. The molecule has 0 aliphatic heterocycles. The fourth-order valence-electron chi connectivity index (χ4n) is 2.76. The molecule has 98 valence electrons. The fraction of sp³-hybridized carbons (Fsp3) is 0.500. The molecule has 2 atom stereocenters. The minimum absolute atomic E-state index is 0.000324. The first-order valence-electron chi connectivity index (χ1n) is 6.39. The van der Waals surface area contributed by atoms with Crippen molar-refractivity contribution in [1.82, 2.24) is 4.90 Å². The molecule has 2 unspecified atom stereocenters. The Morgan fingerprint density at radius 3 is 2.67 bits per heavy atom. The summed E-state index contributed by atoms with van der Waals surface area (Å²) in [7, 11) is 1.84. The van der Waals surface area contributed by atoms with Crippen LogP contribution in [0.3, 0.4) is 0 Å². The Labute approximate surface area is 107 Å². The molecule has 1 aromatic rings. The van der Waals surface area contributed by atoms with E-state index in [2.05, 4.69) is 0 Å². The van der Waals surface area contributed by atoms with Gasteiger partial charge in [0.05, 0.1) is 0 Å². The normalized spacial score (nSPS) is 23.0. The average Bonchev–Trinajstić information content (AvgIpc) is 2.86. The van der Waals surface area contributed by atoms with Gasteiger partial charge in [0, 0.05) is 18.7 Å². The Morgan fingerprint density at radius 2 is 2.06 bits per heavy atom. The van der Waals surface area contributed by atoms with Gasteiger partial charge in [-0.05, 0) is 49.6 Å². The van der Waals surface area contributed by atoms with E-state index in [-0.39, 0.29) is 17.7 Å². The van der Waals surface area contributed by atoms with E-state index in [1.807, 2.05) is 7.05 Å². The number of benzene rings is 1. The second kappa shape index (κ2) is 5.40. The molecule has 0 heterocycles. The predicted octanol–water partition coefficient (Wildman–Crippen LogP) is 1.59. The number of rotatable bonds is 3. The van der Waals surface area contributed by atoms with Crippen LogP contribution in [-0.2, 0) is 0 Å². The maximum Gasteiger partial charge on any atom is 0.253 e. The summed E-state index contributed by atoms with van der Waals surface area (Å²) in [6.45, 7) is 0.637. The van der Waals surface area contributed by atoms with Gasteiger partial charge in [-0.2, -0.15) is 0 Å². The molecular weight excluding hydrogens is 228 g/mol. The first-order valence-corrected chi connectivity index (χ1v) is 6.39. The van der Waals surface area contributed by atoms with Crippen LogP contribution in [0.15, 0.2) is 24.3 Å². The lowest BCUT2D eigenvalue weighted by Crippen LogP contribution is -2.41. The summed E-state index contributed by atoms with van der Waals surface area (Å²) in [6, 6.07) is 6.63. The predicted molar refractivity (Wildman–Crippen MR) is 70.4 cm³/mol. The van der Waals surface area contributed by atoms with Crippen LogP contribution in [0, 0.1) is 5.92 Å². The van der Waals surface area contributed by atoms with E-state index in [0.717, 1.165) is 19.3 Å². The van der Waals surface area contributed by atoms with Crippen LogP contribution in [0.25, 0.3) is 0 Å². The van der Waals surface area contributed by atoms with Crippen molar-refractivity contribution in [3.8, 4) is 5.75 Å². The van der Waals surface area contributed by atoms with Crippen LogP contribution in [0.5, 0.6) is 5.75 Å². The molecule has 4 heteroatoms. The number of nitrogens with two attached hydrogens (primary N) is 1. The topological polar surface area (TPSA) is 66.6 Å². The van der Waals surface area contributed by atoms with Crippen molar-refractivity contribution in [2.24, 2.45) is 11.7 Å². The molecule has 0 aromatic heterocycles. The zero-order valence-electron chi connectivity index (χ0n) is 10.7. The monoisotopic (exact) mass is 248 g/mol. The van der Waals surface area contributed by atoms with Crippen LogP contribution >= 0.6 is 0 Å². The minimum Gasteiger partial charge on any atom is -0.508 e. The highest BCUT2D eigenvalue weighted by Crippen LogP contribution is 2.29. The number of hydrogen-bond donors (Lipinski definition) is 2. The summed E-state index contributed by atoms with van der Waals surface area (Å²) in [5, 5.41) is 9.23. The maximum absolute atomic E-state index is 12.3. The summed E-state index contributed by atoms with van der Waals surface area (Å²) in [5.41, 5.74) is 6.36. The van der Waals surface area contributed by atoms with Gasteiger partial charge < -0.3 is 15.7 Å².